The maximum Gasteiger partial charge on any atom is 0.306 e. The van der Waals surface area contributed by atoms with Crippen LogP contribution in [-0.2, 0) is 4.79 Å². The number of carboxylic acid groups (broad SMARTS) is 1. The summed E-state index contributed by atoms with van der Waals surface area (Å²) in [5.74, 6) is -0.624. The van der Waals surface area contributed by atoms with E-state index in [4.69, 9.17) is 0 Å². The smallest absolute Gasteiger partial charge is 0.306 e. The van der Waals surface area contributed by atoms with Gasteiger partial charge in [0.05, 0.1) is 11.5 Å². The maximum atomic E-state index is 11.3. The third kappa shape index (κ3) is 7.83. The van der Waals surface area contributed by atoms with Crippen LogP contribution in [0.15, 0.2) is 23.3 Å². The summed E-state index contributed by atoms with van der Waals surface area (Å²) in [6, 6.07) is 0. The van der Waals surface area contributed by atoms with Crippen LogP contribution in [0.1, 0.15) is 79.1 Å². The van der Waals surface area contributed by atoms with E-state index in [1.165, 1.54) is 11.1 Å². The fourth-order valence-corrected chi connectivity index (χ4v) is 3.26. The molecule has 1 rings (SSSR count). The van der Waals surface area contributed by atoms with Gasteiger partial charge in [0, 0.05) is 0 Å². The highest BCUT2D eigenvalue weighted by Crippen LogP contribution is 2.29. The lowest BCUT2D eigenvalue weighted by Crippen LogP contribution is -2.30. The van der Waals surface area contributed by atoms with Crippen molar-refractivity contribution in [3.63, 3.8) is 0 Å². The Morgan fingerprint density at radius 3 is 2.35 bits per heavy atom. The highest BCUT2D eigenvalue weighted by Gasteiger charge is 2.25. The van der Waals surface area contributed by atoms with E-state index >= 15 is 0 Å². The van der Waals surface area contributed by atoms with E-state index in [9.17, 15) is 15.0 Å². The molecule has 0 aliphatic heterocycles. The summed E-state index contributed by atoms with van der Waals surface area (Å²) in [5.41, 5.74) is 1.96. The van der Waals surface area contributed by atoms with E-state index in [2.05, 4.69) is 26.0 Å². The summed E-state index contributed by atoms with van der Waals surface area (Å²) in [5, 5.41) is 19.7. The zero-order valence-electron chi connectivity index (χ0n) is 15.3. The molecule has 0 heterocycles. The van der Waals surface area contributed by atoms with Crippen molar-refractivity contribution >= 4 is 5.97 Å². The van der Waals surface area contributed by atoms with Crippen LogP contribution in [-0.4, -0.2) is 21.8 Å². The first kappa shape index (κ1) is 20.0. The Bertz CT molecular complexity index is 440. The average Bonchev–Trinajstić information content (AvgIpc) is 2.43. The van der Waals surface area contributed by atoms with Crippen LogP contribution >= 0.6 is 0 Å². The first-order chi connectivity index (χ1) is 10.7. The van der Waals surface area contributed by atoms with Crippen LogP contribution in [0.5, 0.6) is 0 Å². The highest BCUT2D eigenvalue weighted by atomic mass is 16.4. The molecule has 0 radical (unpaired) electrons. The third-order valence-electron chi connectivity index (χ3n) is 5.12. The van der Waals surface area contributed by atoms with Crippen LogP contribution in [0.2, 0.25) is 0 Å². The summed E-state index contributed by atoms with van der Waals surface area (Å²) in [4.78, 5) is 11.3. The van der Waals surface area contributed by atoms with Crippen molar-refractivity contribution < 1.29 is 15.0 Å². The van der Waals surface area contributed by atoms with E-state index in [0.717, 1.165) is 51.4 Å². The largest absolute Gasteiger partial charge is 0.481 e. The molecule has 0 saturated heterocycles. The average molecular weight is 322 g/mol. The topological polar surface area (TPSA) is 57.5 Å². The van der Waals surface area contributed by atoms with Crippen molar-refractivity contribution in [2.75, 3.05) is 0 Å². The van der Waals surface area contributed by atoms with Crippen molar-refractivity contribution in [3.8, 4) is 0 Å². The van der Waals surface area contributed by atoms with Crippen LogP contribution in [0, 0.1) is 11.8 Å². The van der Waals surface area contributed by atoms with Crippen LogP contribution in [0.25, 0.3) is 0 Å². The molecule has 2 N–H and O–H groups in total. The minimum Gasteiger partial charge on any atom is -0.481 e. The minimum absolute atomic E-state index is 0.223. The molecule has 1 aliphatic rings. The molecule has 23 heavy (non-hydrogen) atoms. The van der Waals surface area contributed by atoms with E-state index in [-0.39, 0.29) is 11.8 Å². The van der Waals surface area contributed by atoms with Gasteiger partial charge in [0.25, 0.3) is 0 Å². The molecular formula is C20H34O3. The fraction of sp³-hybridized carbons (Fsp3) is 0.750. The van der Waals surface area contributed by atoms with Crippen molar-refractivity contribution in [2.45, 2.75) is 84.7 Å². The predicted octanol–water partition coefficient (Wildman–Crippen LogP) is 5.10. The lowest BCUT2D eigenvalue weighted by Gasteiger charge is -2.29. The number of hydrogen-bond acceptors (Lipinski definition) is 2. The van der Waals surface area contributed by atoms with Gasteiger partial charge in [-0.2, -0.15) is 0 Å². The van der Waals surface area contributed by atoms with Crippen molar-refractivity contribution in [2.24, 2.45) is 11.8 Å². The van der Waals surface area contributed by atoms with Gasteiger partial charge in [0.1, 0.15) is 0 Å². The molecule has 0 aromatic carbocycles. The quantitative estimate of drug-likeness (QED) is 0.695. The minimum atomic E-state index is -0.664. The lowest BCUT2D eigenvalue weighted by atomic mass is 9.82. The molecule has 132 valence electrons. The fourth-order valence-electron chi connectivity index (χ4n) is 3.26. The maximum absolute atomic E-state index is 11.3. The van der Waals surface area contributed by atoms with Crippen LogP contribution in [0.3, 0.4) is 0 Å². The molecule has 0 aromatic rings. The van der Waals surface area contributed by atoms with Gasteiger partial charge in [-0.05, 0) is 85.0 Å². The number of aliphatic carboxylic acids is 1. The second kappa shape index (κ2) is 9.27. The van der Waals surface area contributed by atoms with E-state index in [1.54, 1.807) is 0 Å². The molecule has 1 aliphatic carbocycles. The van der Waals surface area contributed by atoms with Gasteiger partial charge < -0.3 is 10.2 Å². The van der Waals surface area contributed by atoms with Crippen molar-refractivity contribution in [1.29, 1.82) is 0 Å². The molecule has 0 amide bonds. The Balaban J connectivity index is 2.82. The molecular weight excluding hydrogens is 288 g/mol. The van der Waals surface area contributed by atoms with Crippen LogP contribution in [0.4, 0.5) is 0 Å². The number of carbonyl (C=O) groups is 1. The van der Waals surface area contributed by atoms with Gasteiger partial charge >= 0.3 is 5.97 Å². The summed E-state index contributed by atoms with van der Waals surface area (Å²) in [6.07, 6.45) is 11.5. The molecule has 0 bridgehead atoms. The van der Waals surface area contributed by atoms with E-state index in [0.29, 0.717) is 0 Å². The first-order valence-corrected chi connectivity index (χ1v) is 8.96. The molecule has 0 spiro atoms. The van der Waals surface area contributed by atoms with Gasteiger partial charge in [-0.3, -0.25) is 4.79 Å². The zero-order chi connectivity index (χ0) is 17.5. The Hall–Kier alpha value is -1.09. The number of carboxylic acids is 1. The lowest BCUT2D eigenvalue weighted by molar-refractivity contribution is -0.142. The van der Waals surface area contributed by atoms with Gasteiger partial charge in [-0.15, -0.1) is 0 Å². The second-order valence-electron chi connectivity index (χ2n) is 7.73. The van der Waals surface area contributed by atoms with Crippen molar-refractivity contribution in [1.82, 2.24) is 0 Å². The number of rotatable bonds is 2. The highest BCUT2D eigenvalue weighted by molar-refractivity contribution is 5.69. The van der Waals surface area contributed by atoms with E-state index in [1.807, 2.05) is 13.8 Å². The van der Waals surface area contributed by atoms with Gasteiger partial charge in [-0.1, -0.05) is 23.3 Å². The Morgan fingerprint density at radius 1 is 1.09 bits per heavy atom. The molecule has 0 aromatic heterocycles. The number of allylic oxidation sites excluding steroid dienone is 4. The third-order valence-corrected chi connectivity index (χ3v) is 5.12. The molecule has 0 fully saturated rings. The molecule has 3 nitrogen and oxygen atoms in total. The molecule has 1 unspecified atom stereocenters. The predicted molar refractivity (Wildman–Crippen MR) is 95.4 cm³/mol. The molecule has 2 atom stereocenters. The van der Waals surface area contributed by atoms with Gasteiger partial charge in [-0.25, -0.2) is 0 Å². The molecule has 3 heteroatoms. The van der Waals surface area contributed by atoms with Gasteiger partial charge in [0.2, 0.25) is 0 Å². The van der Waals surface area contributed by atoms with Gasteiger partial charge in [0.15, 0.2) is 0 Å². The SMILES string of the molecule is C/C1=C/CCC(C(=O)O)CCC/C(C)=C/C[C@H](C(C)(C)O)CC1. The zero-order valence-corrected chi connectivity index (χ0v) is 15.3. The Labute approximate surface area is 141 Å². The monoisotopic (exact) mass is 322 g/mol. The Kier molecular flexibility index (Phi) is 8.04. The standard InChI is InChI=1S/C20H34O3/c1-15-7-5-9-17(19(21)22)10-6-8-16(2)12-14-18(13-11-15)20(3,4)23/h7,12,17-18,23H,5-6,8-11,13-14H2,1-4H3,(H,21,22)/b15-7-,16-12+/t17?,18-/m1/s1. The first-order valence-electron chi connectivity index (χ1n) is 8.96. The summed E-state index contributed by atoms with van der Waals surface area (Å²) in [6.45, 7) is 8.04. The summed E-state index contributed by atoms with van der Waals surface area (Å²) >= 11 is 0. The van der Waals surface area contributed by atoms with E-state index < -0.39 is 11.6 Å². The number of aliphatic hydroxyl groups is 1. The molecule has 0 saturated carbocycles. The summed E-state index contributed by atoms with van der Waals surface area (Å²) < 4.78 is 0. The van der Waals surface area contributed by atoms with Crippen LogP contribution < -0.4 is 0 Å². The number of hydrogen-bond donors (Lipinski definition) is 2. The van der Waals surface area contributed by atoms with Crippen molar-refractivity contribution in [3.05, 3.63) is 23.3 Å². The Morgan fingerprint density at radius 2 is 1.74 bits per heavy atom. The normalized spacial score (nSPS) is 30.5. The second-order valence-corrected chi connectivity index (χ2v) is 7.73. The summed E-state index contributed by atoms with van der Waals surface area (Å²) in [7, 11) is 0.